The van der Waals surface area contributed by atoms with Crippen molar-refractivity contribution in [1.82, 2.24) is 0 Å². The Morgan fingerprint density at radius 2 is 0.702 bits per heavy atom. The quantitative estimate of drug-likeness (QED) is 0.0265. The van der Waals surface area contributed by atoms with E-state index in [-0.39, 0.29) is 31.1 Å². The number of unbranched alkanes of at least 4 members (excludes halogenated alkanes) is 24. The molecule has 0 aliphatic rings. The van der Waals surface area contributed by atoms with Crippen LogP contribution in [0.3, 0.4) is 0 Å². The van der Waals surface area contributed by atoms with Crippen LogP contribution in [0.1, 0.15) is 239 Å². The second-order valence-electron chi connectivity index (χ2n) is 16.0. The molecule has 0 saturated heterocycles. The molecule has 6 heteroatoms. The van der Waals surface area contributed by atoms with Gasteiger partial charge >= 0.3 is 17.9 Å². The van der Waals surface area contributed by atoms with Gasteiger partial charge in [0.1, 0.15) is 13.2 Å². The molecular formula is C51H90O6. The fourth-order valence-corrected chi connectivity index (χ4v) is 6.67. The maximum atomic E-state index is 12.7. The highest BCUT2D eigenvalue weighted by Gasteiger charge is 2.19. The van der Waals surface area contributed by atoms with Gasteiger partial charge < -0.3 is 14.2 Å². The van der Waals surface area contributed by atoms with Crippen molar-refractivity contribution in [2.75, 3.05) is 13.2 Å². The van der Waals surface area contributed by atoms with Crippen molar-refractivity contribution >= 4 is 17.9 Å². The van der Waals surface area contributed by atoms with E-state index >= 15 is 0 Å². The standard InChI is InChI=1S/C51H90O6/c1-4-7-10-13-16-19-22-23-24-25-26-27-28-29-30-33-35-38-41-44-50(53)56-47-48(57-51(54)45-42-39-36-32-21-18-15-12-9-6-3)46-55-49(52)43-40-37-34-31-20-17-14-11-8-5-2/h7,10,15-16,18-19,23-24,48H,4-6,8-9,11-14,17,20-22,25-47H2,1-3H3/b10-7-,18-15-,19-16-,24-23-. The second kappa shape index (κ2) is 46.1. The summed E-state index contributed by atoms with van der Waals surface area (Å²) in [7, 11) is 0. The third-order valence-corrected chi connectivity index (χ3v) is 10.3. The van der Waals surface area contributed by atoms with Gasteiger partial charge in [-0.2, -0.15) is 0 Å². The summed E-state index contributed by atoms with van der Waals surface area (Å²) in [6.45, 7) is 6.46. The molecule has 1 unspecified atom stereocenters. The SMILES string of the molecule is CC/C=C\C/C=C\C/C=C\CCCCCCCCCCCC(=O)OCC(COC(=O)CCCCCCCCCCCC)OC(=O)CCCCCC/C=C\CCCC. The number of allylic oxidation sites excluding steroid dienone is 8. The highest BCUT2D eigenvalue weighted by molar-refractivity contribution is 5.71. The Morgan fingerprint density at radius 3 is 1.14 bits per heavy atom. The monoisotopic (exact) mass is 799 g/mol. The molecule has 0 fully saturated rings. The average Bonchev–Trinajstić information content (AvgIpc) is 3.21. The minimum absolute atomic E-state index is 0.0777. The highest BCUT2D eigenvalue weighted by atomic mass is 16.6. The summed E-state index contributed by atoms with van der Waals surface area (Å²) >= 11 is 0. The van der Waals surface area contributed by atoms with Gasteiger partial charge in [-0.25, -0.2) is 0 Å². The molecule has 0 aromatic rings. The Bertz CT molecular complexity index is 1010. The zero-order valence-corrected chi connectivity index (χ0v) is 37.6. The van der Waals surface area contributed by atoms with E-state index in [1.807, 2.05) is 0 Å². The molecule has 0 rings (SSSR count). The number of hydrogen-bond acceptors (Lipinski definition) is 6. The van der Waals surface area contributed by atoms with E-state index in [0.29, 0.717) is 19.3 Å². The Labute approximate surface area is 352 Å². The Kier molecular flexibility index (Phi) is 43.9. The van der Waals surface area contributed by atoms with Crippen molar-refractivity contribution in [3.8, 4) is 0 Å². The zero-order valence-electron chi connectivity index (χ0n) is 37.6. The van der Waals surface area contributed by atoms with Gasteiger partial charge in [0.2, 0.25) is 0 Å². The number of hydrogen-bond donors (Lipinski definition) is 0. The highest BCUT2D eigenvalue weighted by Crippen LogP contribution is 2.14. The summed E-state index contributed by atoms with van der Waals surface area (Å²) in [6.07, 6.45) is 53.8. The van der Waals surface area contributed by atoms with Crippen LogP contribution in [-0.2, 0) is 28.6 Å². The van der Waals surface area contributed by atoms with Crippen LogP contribution in [0.2, 0.25) is 0 Å². The zero-order chi connectivity index (χ0) is 41.5. The first kappa shape index (κ1) is 54.4. The molecule has 1 atom stereocenters. The number of carbonyl (C=O) groups is 3. The van der Waals surface area contributed by atoms with Crippen molar-refractivity contribution in [2.45, 2.75) is 245 Å². The Hall–Kier alpha value is -2.63. The minimum atomic E-state index is -0.775. The van der Waals surface area contributed by atoms with Crippen LogP contribution in [0.5, 0.6) is 0 Å². The van der Waals surface area contributed by atoms with E-state index in [4.69, 9.17) is 14.2 Å². The molecule has 0 radical (unpaired) electrons. The molecular weight excluding hydrogens is 709 g/mol. The van der Waals surface area contributed by atoms with E-state index in [1.165, 1.54) is 103 Å². The van der Waals surface area contributed by atoms with Crippen LogP contribution >= 0.6 is 0 Å². The molecule has 0 aliphatic heterocycles. The van der Waals surface area contributed by atoms with E-state index in [9.17, 15) is 14.4 Å². The fourth-order valence-electron chi connectivity index (χ4n) is 6.67. The van der Waals surface area contributed by atoms with Crippen LogP contribution in [0.4, 0.5) is 0 Å². The van der Waals surface area contributed by atoms with Gasteiger partial charge in [-0.1, -0.05) is 198 Å². The molecule has 0 aliphatic carbocycles. The minimum Gasteiger partial charge on any atom is -0.462 e. The van der Waals surface area contributed by atoms with Crippen LogP contribution in [0.15, 0.2) is 48.6 Å². The predicted molar refractivity (Wildman–Crippen MR) is 242 cm³/mol. The van der Waals surface area contributed by atoms with E-state index in [0.717, 1.165) is 96.3 Å². The Morgan fingerprint density at radius 1 is 0.368 bits per heavy atom. The molecule has 6 nitrogen and oxygen atoms in total. The maximum absolute atomic E-state index is 12.7. The topological polar surface area (TPSA) is 78.9 Å². The molecule has 330 valence electrons. The van der Waals surface area contributed by atoms with Crippen molar-refractivity contribution in [1.29, 1.82) is 0 Å². The molecule has 0 aromatic carbocycles. The lowest BCUT2D eigenvalue weighted by molar-refractivity contribution is -0.167. The molecule has 0 amide bonds. The van der Waals surface area contributed by atoms with Crippen molar-refractivity contribution < 1.29 is 28.6 Å². The van der Waals surface area contributed by atoms with Crippen LogP contribution in [-0.4, -0.2) is 37.2 Å². The lowest BCUT2D eigenvalue weighted by Crippen LogP contribution is -2.30. The van der Waals surface area contributed by atoms with Gasteiger partial charge in [0.25, 0.3) is 0 Å². The van der Waals surface area contributed by atoms with Crippen LogP contribution < -0.4 is 0 Å². The Balaban J connectivity index is 4.28. The largest absolute Gasteiger partial charge is 0.462 e. The first-order valence-corrected chi connectivity index (χ1v) is 24.1. The third kappa shape index (κ3) is 44.3. The van der Waals surface area contributed by atoms with Crippen molar-refractivity contribution in [3.05, 3.63) is 48.6 Å². The first-order chi connectivity index (χ1) is 28.0. The van der Waals surface area contributed by atoms with Gasteiger partial charge in [-0.15, -0.1) is 0 Å². The van der Waals surface area contributed by atoms with Crippen molar-refractivity contribution in [2.24, 2.45) is 0 Å². The van der Waals surface area contributed by atoms with E-state index in [2.05, 4.69) is 69.4 Å². The lowest BCUT2D eigenvalue weighted by Gasteiger charge is -2.18. The summed E-state index contributed by atoms with van der Waals surface area (Å²) in [5, 5.41) is 0. The summed E-state index contributed by atoms with van der Waals surface area (Å²) < 4.78 is 16.7. The maximum Gasteiger partial charge on any atom is 0.306 e. The van der Waals surface area contributed by atoms with Gasteiger partial charge in [-0.3, -0.25) is 14.4 Å². The lowest BCUT2D eigenvalue weighted by atomic mass is 10.1. The summed E-state index contributed by atoms with van der Waals surface area (Å²) in [5.41, 5.74) is 0. The predicted octanol–water partition coefficient (Wildman–Crippen LogP) is 15.5. The molecule has 0 N–H and O–H groups in total. The van der Waals surface area contributed by atoms with Gasteiger partial charge in [0.15, 0.2) is 6.10 Å². The fraction of sp³-hybridized carbons (Fsp3) is 0.784. The summed E-state index contributed by atoms with van der Waals surface area (Å²) in [6, 6.07) is 0. The number of carbonyl (C=O) groups excluding carboxylic acids is 3. The smallest absolute Gasteiger partial charge is 0.306 e. The molecule has 57 heavy (non-hydrogen) atoms. The van der Waals surface area contributed by atoms with Crippen LogP contribution in [0, 0.1) is 0 Å². The van der Waals surface area contributed by atoms with Gasteiger partial charge in [0.05, 0.1) is 0 Å². The number of rotatable bonds is 43. The van der Waals surface area contributed by atoms with Gasteiger partial charge in [0, 0.05) is 19.3 Å². The first-order valence-electron chi connectivity index (χ1n) is 24.1. The molecule has 0 heterocycles. The van der Waals surface area contributed by atoms with Crippen molar-refractivity contribution in [3.63, 3.8) is 0 Å². The summed E-state index contributed by atoms with van der Waals surface area (Å²) in [5.74, 6) is -0.897. The molecule has 0 bridgehead atoms. The van der Waals surface area contributed by atoms with Gasteiger partial charge in [-0.05, 0) is 70.6 Å². The van der Waals surface area contributed by atoms with E-state index < -0.39 is 6.10 Å². The normalized spacial score (nSPS) is 12.4. The molecule has 0 aromatic heterocycles. The average molecular weight is 799 g/mol. The van der Waals surface area contributed by atoms with E-state index in [1.54, 1.807) is 0 Å². The second-order valence-corrected chi connectivity index (χ2v) is 16.0. The number of ether oxygens (including phenoxy) is 3. The number of esters is 3. The summed E-state index contributed by atoms with van der Waals surface area (Å²) in [4.78, 5) is 37.7. The molecule has 0 spiro atoms. The third-order valence-electron chi connectivity index (χ3n) is 10.3. The van der Waals surface area contributed by atoms with Crippen LogP contribution in [0.25, 0.3) is 0 Å². The molecule has 0 saturated carbocycles.